The number of halogens is 1. The molecule has 0 radical (unpaired) electrons. The predicted octanol–water partition coefficient (Wildman–Crippen LogP) is 1.96. The minimum absolute atomic E-state index is 0.493. The predicted molar refractivity (Wildman–Crippen MR) is 92.8 cm³/mol. The van der Waals surface area contributed by atoms with E-state index in [0.717, 1.165) is 49.0 Å². The number of piperazine rings is 1. The minimum atomic E-state index is 0.493. The molecule has 2 aliphatic rings. The van der Waals surface area contributed by atoms with Crippen LogP contribution in [0.5, 0.6) is 0 Å². The van der Waals surface area contributed by atoms with Crippen LogP contribution in [-0.4, -0.2) is 62.7 Å². The standard InChI is InChI=1S/C16H18ClN7/c1-22-4-6-23(7-5-22)16-20-14-12(8-11(17)9-18-14)15-19-13(10-2-3-10)21-24(15)16/h8-10H,2-7H2,1H3. The van der Waals surface area contributed by atoms with Gasteiger partial charge in [-0.15, -0.1) is 5.10 Å². The van der Waals surface area contributed by atoms with Crippen molar-refractivity contribution in [2.24, 2.45) is 0 Å². The van der Waals surface area contributed by atoms with Crippen molar-refractivity contribution in [3.05, 3.63) is 23.1 Å². The molecule has 0 unspecified atom stereocenters. The minimum Gasteiger partial charge on any atom is -0.338 e. The van der Waals surface area contributed by atoms with Gasteiger partial charge in [0.25, 0.3) is 0 Å². The number of likely N-dealkylation sites (N-methyl/N-ethyl adjacent to an activating group) is 1. The van der Waals surface area contributed by atoms with Gasteiger partial charge in [0.2, 0.25) is 5.95 Å². The van der Waals surface area contributed by atoms with E-state index in [1.165, 1.54) is 12.8 Å². The van der Waals surface area contributed by atoms with Gasteiger partial charge in [-0.25, -0.2) is 9.97 Å². The van der Waals surface area contributed by atoms with Gasteiger partial charge in [-0.1, -0.05) is 11.6 Å². The Hall–Kier alpha value is -1.99. The third-order valence-corrected chi connectivity index (χ3v) is 5.03. The molecule has 0 atom stereocenters. The number of anilines is 1. The zero-order valence-corrected chi connectivity index (χ0v) is 14.2. The Morgan fingerprint density at radius 3 is 2.67 bits per heavy atom. The van der Waals surface area contributed by atoms with Crippen LogP contribution in [0, 0.1) is 0 Å². The van der Waals surface area contributed by atoms with Crippen LogP contribution < -0.4 is 4.90 Å². The van der Waals surface area contributed by atoms with E-state index in [-0.39, 0.29) is 0 Å². The molecule has 3 aromatic rings. The zero-order valence-electron chi connectivity index (χ0n) is 13.5. The molecule has 0 spiro atoms. The second kappa shape index (κ2) is 5.26. The van der Waals surface area contributed by atoms with Crippen LogP contribution in [-0.2, 0) is 0 Å². The fourth-order valence-electron chi connectivity index (χ4n) is 3.20. The van der Waals surface area contributed by atoms with Gasteiger partial charge >= 0.3 is 0 Å². The highest BCUT2D eigenvalue weighted by molar-refractivity contribution is 6.31. The Kier molecular flexibility index (Phi) is 3.14. The molecule has 1 aliphatic heterocycles. The monoisotopic (exact) mass is 343 g/mol. The SMILES string of the molecule is CN1CCN(c2nc3ncc(Cl)cc3c3nc(C4CC4)nn23)CC1. The van der Waals surface area contributed by atoms with Crippen LogP contribution in [0.4, 0.5) is 5.95 Å². The van der Waals surface area contributed by atoms with E-state index in [1.807, 2.05) is 10.6 Å². The Labute approximate surface area is 144 Å². The highest BCUT2D eigenvalue weighted by Crippen LogP contribution is 2.39. The molecule has 0 bridgehead atoms. The molecule has 0 aromatic carbocycles. The highest BCUT2D eigenvalue weighted by Gasteiger charge is 2.30. The number of rotatable bonds is 2. The topological polar surface area (TPSA) is 62.5 Å². The van der Waals surface area contributed by atoms with Crippen LogP contribution in [0.3, 0.4) is 0 Å². The Morgan fingerprint density at radius 2 is 1.92 bits per heavy atom. The third kappa shape index (κ3) is 2.31. The molecule has 8 heteroatoms. The summed E-state index contributed by atoms with van der Waals surface area (Å²) in [4.78, 5) is 18.6. The molecule has 7 nitrogen and oxygen atoms in total. The summed E-state index contributed by atoms with van der Waals surface area (Å²) in [6.07, 6.45) is 3.98. The number of pyridine rings is 1. The fourth-order valence-corrected chi connectivity index (χ4v) is 3.35. The number of fused-ring (bicyclic) bond motifs is 3. The van der Waals surface area contributed by atoms with Crippen molar-refractivity contribution in [3.8, 4) is 0 Å². The Balaban J connectivity index is 1.73. The van der Waals surface area contributed by atoms with E-state index in [1.54, 1.807) is 6.20 Å². The molecule has 0 N–H and O–H groups in total. The number of hydrogen-bond donors (Lipinski definition) is 0. The van der Waals surface area contributed by atoms with Gasteiger partial charge in [-0.2, -0.15) is 9.50 Å². The Bertz CT molecular complexity index is 925. The van der Waals surface area contributed by atoms with Crippen molar-refractivity contribution in [2.75, 3.05) is 38.1 Å². The molecular weight excluding hydrogens is 326 g/mol. The summed E-state index contributed by atoms with van der Waals surface area (Å²) < 4.78 is 1.89. The van der Waals surface area contributed by atoms with Gasteiger partial charge in [0.05, 0.1) is 10.4 Å². The lowest BCUT2D eigenvalue weighted by Gasteiger charge is -2.32. The van der Waals surface area contributed by atoms with Crippen molar-refractivity contribution in [2.45, 2.75) is 18.8 Å². The van der Waals surface area contributed by atoms with Crippen LogP contribution >= 0.6 is 11.6 Å². The first-order chi connectivity index (χ1) is 11.7. The van der Waals surface area contributed by atoms with Crippen LogP contribution in [0.2, 0.25) is 5.02 Å². The zero-order chi connectivity index (χ0) is 16.3. The van der Waals surface area contributed by atoms with Gasteiger partial charge in [0.15, 0.2) is 17.1 Å². The molecule has 0 amide bonds. The van der Waals surface area contributed by atoms with Crippen molar-refractivity contribution in [1.82, 2.24) is 29.5 Å². The van der Waals surface area contributed by atoms with Crippen molar-refractivity contribution in [1.29, 1.82) is 0 Å². The van der Waals surface area contributed by atoms with E-state index < -0.39 is 0 Å². The lowest BCUT2D eigenvalue weighted by Crippen LogP contribution is -2.45. The first-order valence-corrected chi connectivity index (χ1v) is 8.72. The number of hydrogen-bond acceptors (Lipinski definition) is 6. The van der Waals surface area contributed by atoms with Gasteiger partial charge in [-0.3, -0.25) is 0 Å². The van der Waals surface area contributed by atoms with Gasteiger partial charge in [-0.05, 0) is 26.0 Å². The van der Waals surface area contributed by atoms with Gasteiger partial charge < -0.3 is 9.80 Å². The summed E-state index contributed by atoms with van der Waals surface area (Å²) in [6.45, 7) is 3.88. The summed E-state index contributed by atoms with van der Waals surface area (Å²) in [6, 6.07) is 1.88. The van der Waals surface area contributed by atoms with E-state index >= 15 is 0 Å². The molecule has 1 saturated carbocycles. The summed E-state index contributed by atoms with van der Waals surface area (Å²) in [5.41, 5.74) is 1.49. The molecule has 5 rings (SSSR count). The number of aromatic nitrogens is 5. The maximum Gasteiger partial charge on any atom is 0.230 e. The first-order valence-electron chi connectivity index (χ1n) is 8.34. The normalized spacial score (nSPS) is 19.5. The van der Waals surface area contributed by atoms with Crippen molar-refractivity contribution < 1.29 is 0 Å². The second-order valence-corrected chi connectivity index (χ2v) is 7.14. The largest absolute Gasteiger partial charge is 0.338 e. The lowest BCUT2D eigenvalue weighted by atomic mass is 10.3. The molecule has 1 saturated heterocycles. The molecule has 1 aliphatic carbocycles. The van der Waals surface area contributed by atoms with Crippen LogP contribution in [0.1, 0.15) is 24.6 Å². The van der Waals surface area contributed by atoms with E-state index in [0.29, 0.717) is 16.6 Å². The van der Waals surface area contributed by atoms with E-state index in [9.17, 15) is 0 Å². The van der Waals surface area contributed by atoms with Gasteiger partial charge in [0.1, 0.15) is 0 Å². The lowest BCUT2D eigenvalue weighted by molar-refractivity contribution is 0.310. The summed E-state index contributed by atoms with van der Waals surface area (Å²) in [5, 5.41) is 6.22. The second-order valence-electron chi connectivity index (χ2n) is 6.71. The molecule has 2 fully saturated rings. The quantitative estimate of drug-likeness (QED) is 0.708. The Morgan fingerprint density at radius 1 is 1.12 bits per heavy atom. The summed E-state index contributed by atoms with van der Waals surface area (Å²) in [7, 11) is 2.14. The smallest absolute Gasteiger partial charge is 0.230 e. The van der Waals surface area contributed by atoms with Crippen molar-refractivity contribution >= 4 is 34.2 Å². The third-order valence-electron chi connectivity index (χ3n) is 4.82. The fraction of sp³-hybridized carbons (Fsp3) is 0.500. The van der Waals surface area contributed by atoms with Crippen molar-refractivity contribution in [3.63, 3.8) is 0 Å². The number of nitrogens with zero attached hydrogens (tertiary/aromatic N) is 7. The average molecular weight is 344 g/mol. The maximum atomic E-state index is 6.14. The first kappa shape index (κ1) is 14.4. The van der Waals surface area contributed by atoms with E-state index in [4.69, 9.17) is 26.7 Å². The molecular formula is C16H18ClN7. The summed E-state index contributed by atoms with van der Waals surface area (Å²) in [5.74, 6) is 2.24. The molecule has 3 aromatic heterocycles. The molecule has 124 valence electrons. The van der Waals surface area contributed by atoms with E-state index in [2.05, 4.69) is 21.8 Å². The summed E-state index contributed by atoms with van der Waals surface area (Å²) >= 11 is 6.14. The average Bonchev–Trinajstić information content (AvgIpc) is 3.34. The van der Waals surface area contributed by atoms with Crippen LogP contribution in [0.25, 0.3) is 16.7 Å². The molecule has 24 heavy (non-hydrogen) atoms. The highest BCUT2D eigenvalue weighted by atomic mass is 35.5. The van der Waals surface area contributed by atoms with Crippen LogP contribution in [0.15, 0.2) is 12.3 Å². The van der Waals surface area contributed by atoms with Gasteiger partial charge in [0, 0.05) is 38.3 Å². The maximum absolute atomic E-state index is 6.14. The molecule has 4 heterocycles.